The highest BCUT2D eigenvalue weighted by molar-refractivity contribution is 5.76. The van der Waals surface area contributed by atoms with Gasteiger partial charge in [0.15, 0.2) is 0 Å². The smallest absolute Gasteiger partial charge is 0.220 e. The summed E-state index contributed by atoms with van der Waals surface area (Å²) in [5.41, 5.74) is 0. The Kier molecular flexibility index (Phi) is 5.04. The molecule has 0 heterocycles. The van der Waals surface area contributed by atoms with Crippen LogP contribution in [0.1, 0.15) is 58.8 Å². The highest BCUT2D eigenvalue weighted by Crippen LogP contribution is 2.28. The summed E-state index contributed by atoms with van der Waals surface area (Å²) >= 11 is 0. The first-order chi connectivity index (χ1) is 8.66. The minimum Gasteiger partial charge on any atom is -0.353 e. The van der Waals surface area contributed by atoms with Crippen LogP contribution >= 0.6 is 0 Å². The number of carbonyl (C=O) groups excluding carboxylic acids is 1. The molecule has 104 valence electrons. The minimum atomic E-state index is 0.240. The molecule has 1 amide bonds. The first kappa shape index (κ1) is 13.9. The van der Waals surface area contributed by atoms with E-state index in [2.05, 4.69) is 24.5 Å². The molecule has 0 radical (unpaired) electrons. The Morgan fingerprint density at radius 3 is 2.39 bits per heavy atom. The van der Waals surface area contributed by atoms with E-state index in [-0.39, 0.29) is 5.91 Å². The predicted octanol–water partition coefficient (Wildman–Crippen LogP) is 2.46. The van der Waals surface area contributed by atoms with Gasteiger partial charge in [0.25, 0.3) is 0 Å². The average molecular weight is 252 g/mol. The Morgan fingerprint density at radius 2 is 1.78 bits per heavy atom. The quantitative estimate of drug-likeness (QED) is 0.713. The fourth-order valence-corrected chi connectivity index (χ4v) is 3.13. The Labute approximate surface area is 111 Å². The number of nitrogens with one attached hydrogen (secondary N) is 2. The minimum absolute atomic E-state index is 0.240. The summed E-state index contributed by atoms with van der Waals surface area (Å²) in [5, 5.41) is 6.71. The molecule has 0 aromatic carbocycles. The van der Waals surface area contributed by atoms with Crippen LogP contribution in [-0.4, -0.2) is 24.5 Å². The maximum Gasteiger partial charge on any atom is 0.220 e. The van der Waals surface area contributed by atoms with Crippen LogP contribution in [0.2, 0.25) is 0 Å². The number of hydrogen-bond acceptors (Lipinski definition) is 2. The Hall–Kier alpha value is -0.570. The van der Waals surface area contributed by atoms with Crippen molar-refractivity contribution in [2.24, 2.45) is 11.8 Å². The van der Waals surface area contributed by atoms with Crippen LogP contribution in [0, 0.1) is 11.8 Å². The van der Waals surface area contributed by atoms with Crippen LogP contribution in [0.25, 0.3) is 0 Å². The molecule has 0 saturated heterocycles. The van der Waals surface area contributed by atoms with Gasteiger partial charge in [-0.25, -0.2) is 0 Å². The van der Waals surface area contributed by atoms with Crippen LogP contribution in [0.3, 0.4) is 0 Å². The van der Waals surface area contributed by atoms with Crippen molar-refractivity contribution in [3.63, 3.8) is 0 Å². The first-order valence-corrected chi connectivity index (χ1v) is 7.69. The van der Waals surface area contributed by atoms with E-state index in [0.717, 1.165) is 24.8 Å². The Bertz CT molecular complexity index is 266. The van der Waals surface area contributed by atoms with Crippen molar-refractivity contribution in [2.45, 2.75) is 70.9 Å². The van der Waals surface area contributed by atoms with Crippen molar-refractivity contribution in [3.05, 3.63) is 0 Å². The van der Waals surface area contributed by atoms with Gasteiger partial charge < -0.3 is 10.6 Å². The van der Waals surface area contributed by atoms with Crippen molar-refractivity contribution in [2.75, 3.05) is 6.54 Å². The Morgan fingerprint density at radius 1 is 1.11 bits per heavy atom. The zero-order chi connectivity index (χ0) is 13.0. The summed E-state index contributed by atoms with van der Waals surface area (Å²) in [6.07, 6.45) is 8.09. The number of hydrogen-bond donors (Lipinski definition) is 2. The lowest BCUT2D eigenvalue weighted by Gasteiger charge is -2.35. The van der Waals surface area contributed by atoms with E-state index in [1.807, 2.05) is 0 Å². The molecule has 2 rings (SSSR count). The highest BCUT2D eigenvalue weighted by Gasteiger charge is 2.27. The summed E-state index contributed by atoms with van der Waals surface area (Å²) in [5.74, 6) is 1.81. The monoisotopic (exact) mass is 252 g/mol. The van der Waals surface area contributed by atoms with Gasteiger partial charge in [-0.3, -0.25) is 4.79 Å². The van der Waals surface area contributed by atoms with E-state index in [1.165, 1.54) is 32.1 Å². The van der Waals surface area contributed by atoms with E-state index < -0.39 is 0 Å². The molecule has 2 fully saturated rings. The van der Waals surface area contributed by atoms with Crippen molar-refractivity contribution in [1.29, 1.82) is 0 Å². The van der Waals surface area contributed by atoms with Crippen LogP contribution < -0.4 is 10.6 Å². The summed E-state index contributed by atoms with van der Waals surface area (Å²) in [4.78, 5) is 11.5. The molecule has 0 bridgehead atoms. The van der Waals surface area contributed by atoms with Crippen molar-refractivity contribution < 1.29 is 4.79 Å². The van der Waals surface area contributed by atoms with Gasteiger partial charge in [-0.1, -0.05) is 20.3 Å². The van der Waals surface area contributed by atoms with Gasteiger partial charge >= 0.3 is 0 Å². The maximum atomic E-state index is 11.5. The molecule has 0 aliphatic heterocycles. The van der Waals surface area contributed by atoms with Gasteiger partial charge in [0.05, 0.1) is 0 Å². The van der Waals surface area contributed by atoms with Gasteiger partial charge in [-0.15, -0.1) is 0 Å². The van der Waals surface area contributed by atoms with Gasteiger partial charge in [0.1, 0.15) is 0 Å². The van der Waals surface area contributed by atoms with Gasteiger partial charge in [-0.2, -0.15) is 0 Å². The summed E-state index contributed by atoms with van der Waals surface area (Å²) in [7, 11) is 0. The number of amides is 1. The molecule has 18 heavy (non-hydrogen) atoms. The number of rotatable bonds is 6. The van der Waals surface area contributed by atoms with Gasteiger partial charge in [0, 0.05) is 18.5 Å². The summed E-state index contributed by atoms with van der Waals surface area (Å²) in [6, 6.07) is 1.16. The zero-order valence-electron chi connectivity index (χ0n) is 11.9. The fraction of sp³-hybridized carbons (Fsp3) is 0.933. The lowest BCUT2D eigenvalue weighted by atomic mass is 9.79. The second kappa shape index (κ2) is 6.55. The molecule has 2 atom stereocenters. The molecular weight excluding hydrogens is 224 g/mol. The molecule has 2 aliphatic rings. The Balaban J connectivity index is 1.57. The summed E-state index contributed by atoms with van der Waals surface area (Å²) in [6.45, 7) is 5.69. The molecule has 0 spiro atoms. The molecule has 2 saturated carbocycles. The lowest BCUT2D eigenvalue weighted by Crippen LogP contribution is -2.43. The van der Waals surface area contributed by atoms with Gasteiger partial charge in [-0.05, 0) is 50.5 Å². The standard InChI is InChI=1S/C15H28N2O/c1-11-5-3-6-12(2)15(11)16-10-4-7-14(18)17-13-8-9-13/h11-13,15-16H,3-10H2,1-2H3,(H,17,18). The van der Waals surface area contributed by atoms with E-state index in [1.54, 1.807) is 0 Å². The molecular formula is C15H28N2O. The second-order valence-electron chi connectivity index (χ2n) is 6.31. The molecule has 3 nitrogen and oxygen atoms in total. The van der Waals surface area contributed by atoms with Crippen molar-refractivity contribution in [3.8, 4) is 0 Å². The second-order valence-corrected chi connectivity index (χ2v) is 6.31. The van der Waals surface area contributed by atoms with Crippen molar-refractivity contribution >= 4 is 5.91 Å². The third-order valence-electron chi connectivity index (χ3n) is 4.45. The maximum absolute atomic E-state index is 11.5. The largest absolute Gasteiger partial charge is 0.353 e. The molecule has 0 aromatic heterocycles. The normalized spacial score (nSPS) is 32.2. The molecule has 2 aliphatic carbocycles. The molecule has 2 unspecified atom stereocenters. The molecule has 0 aromatic rings. The third-order valence-corrected chi connectivity index (χ3v) is 4.45. The van der Waals surface area contributed by atoms with Crippen LogP contribution in [0.4, 0.5) is 0 Å². The fourth-order valence-electron chi connectivity index (χ4n) is 3.13. The van der Waals surface area contributed by atoms with E-state index >= 15 is 0 Å². The molecule has 3 heteroatoms. The van der Waals surface area contributed by atoms with E-state index in [9.17, 15) is 4.79 Å². The van der Waals surface area contributed by atoms with Crippen LogP contribution in [0.5, 0.6) is 0 Å². The van der Waals surface area contributed by atoms with E-state index in [4.69, 9.17) is 0 Å². The topological polar surface area (TPSA) is 41.1 Å². The molecule has 2 N–H and O–H groups in total. The summed E-state index contributed by atoms with van der Waals surface area (Å²) < 4.78 is 0. The average Bonchev–Trinajstić information content (AvgIpc) is 3.11. The van der Waals surface area contributed by atoms with E-state index in [0.29, 0.717) is 18.5 Å². The first-order valence-electron chi connectivity index (χ1n) is 7.69. The zero-order valence-corrected chi connectivity index (χ0v) is 11.9. The third kappa shape index (κ3) is 4.27. The van der Waals surface area contributed by atoms with Crippen molar-refractivity contribution in [1.82, 2.24) is 10.6 Å². The SMILES string of the molecule is CC1CCCC(C)C1NCCCC(=O)NC1CC1. The van der Waals surface area contributed by atoms with Crippen LogP contribution in [-0.2, 0) is 4.79 Å². The van der Waals surface area contributed by atoms with Gasteiger partial charge in [0.2, 0.25) is 5.91 Å². The predicted molar refractivity (Wildman–Crippen MR) is 74.4 cm³/mol. The number of carbonyl (C=O) groups is 1. The van der Waals surface area contributed by atoms with Crippen LogP contribution in [0.15, 0.2) is 0 Å². The highest BCUT2D eigenvalue weighted by atomic mass is 16.1. The lowest BCUT2D eigenvalue weighted by molar-refractivity contribution is -0.121.